The van der Waals surface area contributed by atoms with E-state index in [1.165, 1.54) is 6.07 Å². The smallest absolute Gasteiger partial charge is 0.408 e. The molecule has 2 N–H and O–H groups in total. The van der Waals surface area contributed by atoms with E-state index in [1.54, 1.807) is 12.1 Å². The van der Waals surface area contributed by atoms with E-state index in [1.807, 2.05) is 74.6 Å². The fourth-order valence-electron chi connectivity index (χ4n) is 4.82. The standard InChI is InChI=1S/C32H30N2O6/c1-3-9-22-17-29(35)39-27-14-20(2)15-28(30(22)27)40-31(36)26(16-23-18-33-25-13-8-7-12-24(23)25)34-32(37)38-19-21-10-5-4-6-11-21/h4-8,10-15,17-18,26,33H,3,9,16,19H2,1-2H3,(H,34,37)/t26-/m0/s1. The van der Waals surface area contributed by atoms with E-state index in [4.69, 9.17) is 13.9 Å². The van der Waals surface area contributed by atoms with Gasteiger partial charge in [-0.1, -0.05) is 61.9 Å². The molecule has 0 fully saturated rings. The molecule has 0 bridgehead atoms. The van der Waals surface area contributed by atoms with E-state index in [2.05, 4.69) is 10.3 Å². The Labute approximate surface area is 230 Å². The molecule has 0 aliphatic heterocycles. The maximum atomic E-state index is 13.7. The topological polar surface area (TPSA) is 111 Å². The van der Waals surface area contributed by atoms with Crippen LogP contribution in [-0.4, -0.2) is 23.1 Å². The summed E-state index contributed by atoms with van der Waals surface area (Å²) in [5.74, 6) is -0.391. The van der Waals surface area contributed by atoms with E-state index >= 15 is 0 Å². The summed E-state index contributed by atoms with van der Waals surface area (Å²) >= 11 is 0. The van der Waals surface area contributed by atoms with Crippen LogP contribution in [0.3, 0.4) is 0 Å². The van der Waals surface area contributed by atoms with Gasteiger partial charge in [0.1, 0.15) is 24.0 Å². The van der Waals surface area contributed by atoms with Crippen molar-refractivity contribution >= 4 is 33.9 Å². The molecule has 1 amide bonds. The zero-order valence-corrected chi connectivity index (χ0v) is 22.4. The first-order valence-corrected chi connectivity index (χ1v) is 13.2. The molecule has 0 aliphatic rings. The summed E-state index contributed by atoms with van der Waals surface area (Å²) in [5, 5.41) is 4.20. The van der Waals surface area contributed by atoms with Gasteiger partial charge in [0.15, 0.2) is 0 Å². The highest BCUT2D eigenvalue weighted by molar-refractivity contribution is 5.92. The van der Waals surface area contributed by atoms with E-state index in [-0.39, 0.29) is 18.8 Å². The lowest BCUT2D eigenvalue weighted by atomic mass is 10.0. The summed E-state index contributed by atoms with van der Waals surface area (Å²) in [6.07, 6.45) is 2.65. The number of aromatic nitrogens is 1. The van der Waals surface area contributed by atoms with Crippen molar-refractivity contribution in [1.82, 2.24) is 10.3 Å². The predicted octanol–water partition coefficient (Wildman–Crippen LogP) is 5.98. The minimum Gasteiger partial charge on any atom is -0.445 e. The molecule has 5 rings (SSSR count). The molecular formula is C32H30N2O6. The molecular weight excluding hydrogens is 508 g/mol. The number of aromatic amines is 1. The number of carbonyl (C=O) groups excluding carboxylic acids is 2. The SMILES string of the molecule is CCCc1cc(=O)oc2cc(C)cc(OC(=O)[C@H](Cc3c[nH]c4ccccc34)NC(=O)OCc3ccccc3)c12. The van der Waals surface area contributed by atoms with Crippen LogP contribution in [-0.2, 0) is 29.0 Å². The highest BCUT2D eigenvalue weighted by Gasteiger charge is 2.27. The van der Waals surface area contributed by atoms with Crippen molar-refractivity contribution in [2.75, 3.05) is 0 Å². The Morgan fingerprint density at radius 2 is 1.77 bits per heavy atom. The van der Waals surface area contributed by atoms with Crippen molar-refractivity contribution in [2.45, 2.75) is 45.8 Å². The summed E-state index contributed by atoms with van der Waals surface area (Å²) in [6, 6.07) is 20.9. The number of nitrogens with one attached hydrogen (secondary N) is 2. The van der Waals surface area contributed by atoms with Crippen LogP contribution in [0.1, 0.15) is 35.6 Å². The van der Waals surface area contributed by atoms with Gasteiger partial charge in [0, 0.05) is 29.6 Å². The Morgan fingerprint density at radius 3 is 2.58 bits per heavy atom. The minimum absolute atomic E-state index is 0.0590. The molecule has 204 valence electrons. The van der Waals surface area contributed by atoms with E-state index in [0.717, 1.165) is 39.6 Å². The summed E-state index contributed by atoms with van der Waals surface area (Å²) in [6.45, 7) is 3.89. The number of hydrogen-bond donors (Lipinski definition) is 2. The average Bonchev–Trinajstić information content (AvgIpc) is 3.34. The second kappa shape index (κ2) is 11.9. The molecule has 40 heavy (non-hydrogen) atoms. The van der Waals surface area contributed by atoms with Crippen molar-refractivity contribution < 1.29 is 23.5 Å². The Balaban J connectivity index is 1.45. The number of H-pyrrole nitrogens is 1. The van der Waals surface area contributed by atoms with Crippen molar-refractivity contribution in [3.05, 3.63) is 112 Å². The lowest BCUT2D eigenvalue weighted by Gasteiger charge is -2.19. The molecule has 0 unspecified atom stereocenters. The van der Waals surface area contributed by atoms with Gasteiger partial charge < -0.3 is 24.2 Å². The number of carbonyl (C=O) groups is 2. The zero-order chi connectivity index (χ0) is 28.1. The Hall–Kier alpha value is -4.85. The second-order valence-corrected chi connectivity index (χ2v) is 9.72. The number of para-hydroxylation sites is 1. The van der Waals surface area contributed by atoms with Crippen LogP contribution in [0.2, 0.25) is 0 Å². The van der Waals surface area contributed by atoms with E-state index in [0.29, 0.717) is 17.4 Å². The van der Waals surface area contributed by atoms with Gasteiger partial charge >= 0.3 is 17.7 Å². The number of fused-ring (bicyclic) bond motifs is 2. The van der Waals surface area contributed by atoms with Gasteiger partial charge in [0.25, 0.3) is 0 Å². The van der Waals surface area contributed by atoms with Crippen molar-refractivity contribution in [1.29, 1.82) is 0 Å². The molecule has 0 spiro atoms. The summed E-state index contributed by atoms with van der Waals surface area (Å²) in [5.41, 5.74) is 3.97. The normalized spacial score (nSPS) is 11.8. The molecule has 2 aromatic heterocycles. The molecule has 8 heteroatoms. The number of ether oxygens (including phenoxy) is 2. The maximum Gasteiger partial charge on any atom is 0.408 e. The molecule has 8 nitrogen and oxygen atoms in total. The van der Waals surface area contributed by atoms with Crippen molar-refractivity contribution in [3.8, 4) is 5.75 Å². The van der Waals surface area contributed by atoms with Gasteiger partial charge in [-0.05, 0) is 53.8 Å². The largest absolute Gasteiger partial charge is 0.445 e. The van der Waals surface area contributed by atoms with Crippen LogP contribution in [0.5, 0.6) is 5.75 Å². The first-order valence-electron chi connectivity index (χ1n) is 13.2. The van der Waals surface area contributed by atoms with Crippen molar-refractivity contribution in [2.24, 2.45) is 0 Å². The van der Waals surface area contributed by atoms with Gasteiger partial charge in [-0.3, -0.25) is 0 Å². The third-order valence-corrected chi connectivity index (χ3v) is 6.65. The molecule has 0 radical (unpaired) electrons. The van der Waals surface area contributed by atoms with Gasteiger partial charge in [-0.25, -0.2) is 14.4 Å². The number of esters is 1. The predicted molar refractivity (Wildman–Crippen MR) is 152 cm³/mol. The second-order valence-electron chi connectivity index (χ2n) is 9.72. The lowest BCUT2D eigenvalue weighted by molar-refractivity contribution is -0.136. The highest BCUT2D eigenvalue weighted by Crippen LogP contribution is 2.31. The first-order chi connectivity index (χ1) is 19.4. The fourth-order valence-corrected chi connectivity index (χ4v) is 4.82. The summed E-state index contributed by atoms with van der Waals surface area (Å²) in [4.78, 5) is 41.9. The Kier molecular flexibility index (Phi) is 7.96. The maximum absolute atomic E-state index is 13.7. The van der Waals surface area contributed by atoms with Crippen molar-refractivity contribution in [3.63, 3.8) is 0 Å². The van der Waals surface area contributed by atoms with Crippen LogP contribution in [0.15, 0.2) is 88.2 Å². The summed E-state index contributed by atoms with van der Waals surface area (Å²) < 4.78 is 16.8. The number of amides is 1. The molecule has 2 heterocycles. The monoisotopic (exact) mass is 538 g/mol. The molecule has 3 aromatic carbocycles. The Bertz CT molecular complexity index is 1720. The third kappa shape index (κ3) is 6.07. The van der Waals surface area contributed by atoms with E-state index in [9.17, 15) is 14.4 Å². The number of aryl methyl sites for hydroxylation is 2. The van der Waals surface area contributed by atoms with Gasteiger partial charge in [0.05, 0.1) is 5.39 Å². The lowest BCUT2D eigenvalue weighted by Crippen LogP contribution is -2.44. The fraction of sp³-hybridized carbons (Fsp3) is 0.219. The third-order valence-electron chi connectivity index (χ3n) is 6.65. The number of benzene rings is 3. The van der Waals surface area contributed by atoms with Gasteiger partial charge in [-0.2, -0.15) is 0 Å². The zero-order valence-electron chi connectivity index (χ0n) is 22.4. The van der Waals surface area contributed by atoms with Crippen LogP contribution in [0.4, 0.5) is 4.79 Å². The molecule has 0 aliphatic carbocycles. The molecule has 0 saturated carbocycles. The van der Waals surface area contributed by atoms with Crippen LogP contribution >= 0.6 is 0 Å². The molecule has 1 atom stereocenters. The van der Waals surface area contributed by atoms with Crippen LogP contribution in [0, 0.1) is 6.92 Å². The van der Waals surface area contributed by atoms with Crippen LogP contribution < -0.4 is 15.7 Å². The van der Waals surface area contributed by atoms with Gasteiger partial charge in [-0.15, -0.1) is 0 Å². The minimum atomic E-state index is -1.05. The quantitative estimate of drug-likeness (QED) is 0.136. The molecule has 0 saturated heterocycles. The first kappa shape index (κ1) is 26.7. The summed E-state index contributed by atoms with van der Waals surface area (Å²) in [7, 11) is 0. The number of hydrogen-bond acceptors (Lipinski definition) is 6. The molecule has 5 aromatic rings. The average molecular weight is 539 g/mol. The highest BCUT2D eigenvalue weighted by atomic mass is 16.6. The Morgan fingerprint density at radius 1 is 1.00 bits per heavy atom. The number of alkyl carbamates (subject to hydrolysis) is 1. The number of rotatable bonds is 9. The van der Waals surface area contributed by atoms with Gasteiger partial charge in [0.2, 0.25) is 0 Å². The van der Waals surface area contributed by atoms with Crippen LogP contribution in [0.25, 0.3) is 21.9 Å². The van der Waals surface area contributed by atoms with E-state index < -0.39 is 23.7 Å².